The Labute approximate surface area is 129 Å². The fraction of sp³-hybridized carbons (Fsp3) is 0.667. The molecule has 1 aliphatic rings. The molecule has 1 N–H and O–H groups in total. The third-order valence-electron chi connectivity index (χ3n) is 4.44. The van der Waals surface area contributed by atoms with Crippen molar-refractivity contribution in [3.63, 3.8) is 0 Å². The Hall–Kier alpha value is -0.900. The molecule has 3 nitrogen and oxygen atoms in total. The molecule has 0 unspecified atom stereocenters. The molecule has 0 atom stereocenters. The minimum Gasteiger partial charge on any atom is -0.377 e. The largest absolute Gasteiger partial charge is 0.377 e. The Morgan fingerprint density at radius 3 is 2.48 bits per heavy atom. The van der Waals surface area contributed by atoms with E-state index in [-0.39, 0.29) is 0 Å². The smallest absolute Gasteiger partial charge is 0.0596 e. The van der Waals surface area contributed by atoms with Gasteiger partial charge in [-0.05, 0) is 52.4 Å². The van der Waals surface area contributed by atoms with Crippen molar-refractivity contribution in [3.05, 3.63) is 35.9 Å². The van der Waals surface area contributed by atoms with E-state index in [1.807, 2.05) is 0 Å². The third kappa shape index (κ3) is 4.80. The molecular weight excluding hydrogens is 260 g/mol. The van der Waals surface area contributed by atoms with Crippen molar-refractivity contribution in [3.8, 4) is 0 Å². The fourth-order valence-corrected chi connectivity index (χ4v) is 3.28. The van der Waals surface area contributed by atoms with E-state index in [1.165, 1.54) is 18.4 Å². The molecule has 0 radical (unpaired) electrons. The number of piperidine rings is 1. The highest BCUT2D eigenvalue weighted by molar-refractivity contribution is 5.27. The Morgan fingerprint density at radius 1 is 1.19 bits per heavy atom. The van der Waals surface area contributed by atoms with E-state index in [0.717, 1.165) is 32.8 Å². The van der Waals surface area contributed by atoms with Crippen LogP contribution in [-0.4, -0.2) is 50.8 Å². The zero-order valence-electron chi connectivity index (χ0n) is 13.8. The summed E-state index contributed by atoms with van der Waals surface area (Å²) in [6.45, 7) is 9.35. The van der Waals surface area contributed by atoms with Gasteiger partial charge in [-0.1, -0.05) is 30.3 Å². The van der Waals surface area contributed by atoms with Crippen LogP contribution < -0.4 is 5.32 Å². The molecule has 0 amide bonds. The predicted octanol–water partition coefficient (Wildman–Crippen LogP) is 2.66. The first-order valence-electron chi connectivity index (χ1n) is 8.19. The van der Waals surface area contributed by atoms with Crippen molar-refractivity contribution in [2.75, 3.05) is 39.8 Å². The van der Waals surface area contributed by atoms with Crippen LogP contribution in [0.2, 0.25) is 0 Å². The van der Waals surface area contributed by atoms with Gasteiger partial charge in [0.1, 0.15) is 0 Å². The van der Waals surface area contributed by atoms with Crippen molar-refractivity contribution in [1.82, 2.24) is 10.2 Å². The Morgan fingerprint density at radius 2 is 1.86 bits per heavy atom. The third-order valence-corrected chi connectivity index (χ3v) is 4.44. The van der Waals surface area contributed by atoms with Crippen LogP contribution in [0.3, 0.4) is 0 Å². The van der Waals surface area contributed by atoms with Gasteiger partial charge in [0.25, 0.3) is 0 Å². The van der Waals surface area contributed by atoms with E-state index in [2.05, 4.69) is 61.4 Å². The van der Waals surface area contributed by atoms with Gasteiger partial charge in [0.05, 0.1) is 12.7 Å². The second-order valence-electron chi connectivity index (χ2n) is 6.55. The second kappa shape index (κ2) is 7.92. The number of nitrogens with one attached hydrogen (secondary N) is 1. The zero-order chi connectivity index (χ0) is 15.1. The quantitative estimate of drug-likeness (QED) is 0.835. The standard InChI is InChI=1S/C18H30N2O/c1-16(2)21-14-13-20(3)15-18(9-11-19-12-10-18)17-7-5-4-6-8-17/h4-8,16,19H,9-15H2,1-3H3. The summed E-state index contributed by atoms with van der Waals surface area (Å²) in [5.74, 6) is 0. The summed E-state index contributed by atoms with van der Waals surface area (Å²) in [5.41, 5.74) is 1.78. The average Bonchev–Trinajstić information content (AvgIpc) is 2.48. The number of hydrogen-bond acceptors (Lipinski definition) is 3. The summed E-state index contributed by atoms with van der Waals surface area (Å²) in [6, 6.07) is 11.0. The molecule has 21 heavy (non-hydrogen) atoms. The maximum atomic E-state index is 5.69. The normalized spacial score (nSPS) is 18.3. The van der Waals surface area contributed by atoms with Gasteiger partial charge in [0.2, 0.25) is 0 Å². The van der Waals surface area contributed by atoms with Crippen LogP contribution in [0, 0.1) is 0 Å². The van der Waals surface area contributed by atoms with E-state index in [9.17, 15) is 0 Å². The van der Waals surface area contributed by atoms with E-state index in [4.69, 9.17) is 4.74 Å². The molecule has 1 heterocycles. The molecule has 118 valence electrons. The number of ether oxygens (including phenoxy) is 1. The highest BCUT2D eigenvalue weighted by Crippen LogP contribution is 2.34. The van der Waals surface area contributed by atoms with Crippen molar-refractivity contribution < 1.29 is 4.74 Å². The first kappa shape index (κ1) is 16.5. The van der Waals surface area contributed by atoms with Crippen LogP contribution in [0.5, 0.6) is 0 Å². The summed E-state index contributed by atoms with van der Waals surface area (Å²) < 4.78 is 5.69. The van der Waals surface area contributed by atoms with Gasteiger partial charge in [-0.2, -0.15) is 0 Å². The van der Waals surface area contributed by atoms with Gasteiger partial charge in [-0.25, -0.2) is 0 Å². The molecule has 0 aliphatic carbocycles. The van der Waals surface area contributed by atoms with Gasteiger partial charge in [-0.3, -0.25) is 0 Å². The van der Waals surface area contributed by atoms with Gasteiger partial charge in [-0.15, -0.1) is 0 Å². The Kier molecular flexibility index (Phi) is 6.22. The highest BCUT2D eigenvalue weighted by atomic mass is 16.5. The highest BCUT2D eigenvalue weighted by Gasteiger charge is 2.34. The fourth-order valence-electron chi connectivity index (χ4n) is 3.28. The average molecular weight is 290 g/mol. The summed E-state index contributed by atoms with van der Waals surface area (Å²) in [7, 11) is 2.22. The van der Waals surface area contributed by atoms with E-state index in [0.29, 0.717) is 11.5 Å². The molecule has 1 aliphatic heterocycles. The number of benzene rings is 1. The molecule has 0 saturated carbocycles. The molecule has 1 saturated heterocycles. The topological polar surface area (TPSA) is 24.5 Å². The van der Waals surface area contributed by atoms with Crippen molar-refractivity contribution >= 4 is 0 Å². The summed E-state index contributed by atoms with van der Waals surface area (Å²) in [4.78, 5) is 2.43. The van der Waals surface area contributed by atoms with Crippen molar-refractivity contribution in [2.24, 2.45) is 0 Å². The number of hydrogen-bond donors (Lipinski definition) is 1. The van der Waals surface area contributed by atoms with Crippen LogP contribution in [0.15, 0.2) is 30.3 Å². The summed E-state index contributed by atoms with van der Waals surface area (Å²) >= 11 is 0. The van der Waals surface area contributed by atoms with Gasteiger partial charge >= 0.3 is 0 Å². The van der Waals surface area contributed by atoms with E-state index >= 15 is 0 Å². The van der Waals surface area contributed by atoms with Crippen molar-refractivity contribution in [2.45, 2.75) is 38.2 Å². The monoisotopic (exact) mass is 290 g/mol. The first-order chi connectivity index (χ1) is 10.1. The first-order valence-corrected chi connectivity index (χ1v) is 8.19. The van der Waals surface area contributed by atoms with E-state index < -0.39 is 0 Å². The number of rotatable bonds is 7. The van der Waals surface area contributed by atoms with Gasteiger partial charge < -0.3 is 15.0 Å². The molecule has 1 fully saturated rings. The maximum absolute atomic E-state index is 5.69. The second-order valence-corrected chi connectivity index (χ2v) is 6.55. The predicted molar refractivity (Wildman–Crippen MR) is 88.8 cm³/mol. The lowest BCUT2D eigenvalue weighted by atomic mass is 9.73. The van der Waals surface area contributed by atoms with E-state index in [1.54, 1.807) is 0 Å². The molecule has 3 heteroatoms. The Bertz CT molecular complexity index is 399. The summed E-state index contributed by atoms with van der Waals surface area (Å²) in [5, 5.41) is 3.50. The van der Waals surface area contributed by atoms with Crippen LogP contribution in [0.4, 0.5) is 0 Å². The van der Waals surface area contributed by atoms with Gasteiger partial charge in [0, 0.05) is 18.5 Å². The molecule has 2 rings (SSSR count). The molecule has 0 spiro atoms. The lowest BCUT2D eigenvalue weighted by molar-refractivity contribution is 0.0578. The summed E-state index contributed by atoms with van der Waals surface area (Å²) in [6.07, 6.45) is 2.75. The Balaban J connectivity index is 2.00. The van der Waals surface area contributed by atoms with Crippen LogP contribution >= 0.6 is 0 Å². The molecule has 1 aromatic rings. The van der Waals surface area contributed by atoms with Crippen LogP contribution in [0.25, 0.3) is 0 Å². The number of nitrogens with zero attached hydrogens (tertiary/aromatic N) is 1. The molecule has 0 bridgehead atoms. The minimum absolute atomic E-state index is 0.291. The van der Waals surface area contributed by atoms with Crippen LogP contribution in [0.1, 0.15) is 32.3 Å². The zero-order valence-corrected chi connectivity index (χ0v) is 13.8. The lowest BCUT2D eigenvalue weighted by Crippen LogP contribution is -2.47. The van der Waals surface area contributed by atoms with Gasteiger partial charge in [0.15, 0.2) is 0 Å². The molecule has 0 aromatic heterocycles. The lowest BCUT2D eigenvalue weighted by Gasteiger charge is -2.41. The molecular formula is C18H30N2O. The minimum atomic E-state index is 0.291. The van der Waals surface area contributed by atoms with Crippen molar-refractivity contribution in [1.29, 1.82) is 0 Å². The maximum Gasteiger partial charge on any atom is 0.0596 e. The SMILES string of the molecule is CC(C)OCCN(C)CC1(c2ccccc2)CCNCC1. The van der Waals surface area contributed by atoms with Crippen LogP contribution in [-0.2, 0) is 10.2 Å². The molecule has 1 aromatic carbocycles. The number of likely N-dealkylation sites (N-methyl/N-ethyl adjacent to an activating group) is 1.